The summed E-state index contributed by atoms with van der Waals surface area (Å²) in [7, 11) is -2.65. The van der Waals surface area contributed by atoms with Crippen LogP contribution >= 0.6 is 15.9 Å². The van der Waals surface area contributed by atoms with Crippen LogP contribution in [0, 0.1) is 6.92 Å². The second kappa shape index (κ2) is 14.3. The van der Waals surface area contributed by atoms with E-state index in [-0.39, 0.29) is 23.0 Å². The average Bonchev–Trinajstić information content (AvgIpc) is 2.95. The molecule has 0 heterocycles. The summed E-state index contributed by atoms with van der Waals surface area (Å²) >= 11 is 3.42. The second-order valence-corrected chi connectivity index (χ2v) is 12.3. The van der Waals surface area contributed by atoms with Gasteiger partial charge in [0.1, 0.15) is 18.3 Å². The zero-order chi connectivity index (χ0) is 29.3. The van der Waals surface area contributed by atoms with Crippen LogP contribution in [0.15, 0.2) is 82.2 Å². The van der Waals surface area contributed by atoms with Crippen LogP contribution in [0.1, 0.15) is 37.8 Å². The zero-order valence-electron chi connectivity index (χ0n) is 23.3. The van der Waals surface area contributed by atoms with Gasteiger partial charge in [-0.3, -0.25) is 13.9 Å². The Kier molecular flexibility index (Phi) is 11.2. The van der Waals surface area contributed by atoms with E-state index in [1.165, 1.54) is 24.1 Å². The fourth-order valence-corrected chi connectivity index (χ4v) is 5.71. The SMILES string of the molecule is CCCCNC(=O)[C@H](C)N(Cc1ccc(Br)cc1)C(=O)CN(c1cccc(OC)c1)S(=O)(=O)c1ccc(C)cc1. The Morgan fingerprint density at radius 1 is 1.02 bits per heavy atom. The molecule has 40 heavy (non-hydrogen) atoms. The highest BCUT2D eigenvalue weighted by Crippen LogP contribution is 2.28. The van der Waals surface area contributed by atoms with Crippen molar-refractivity contribution in [3.63, 3.8) is 0 Å². The molecular weight excluding hydrogens is 594 g/mol. The molecular formula is C30H36BrN3O5S. The molecule has 0 aliphatic carbocycles. The average molecular weight is 631 g/mol. The van der Waals surface area contributed by atoms with E-state index in [1.54, 1.807) is 43.3 Å². The van der Waals surface area contributed by atoms with E-state index in [9.17, 15) is 18.0 Å². The Morgan fingerprint density at radius 2 is 1.70 bits per heavy atom. The Hall–Kier alpha value is -3.37. The Labute approximate surface area is 245 Å². The largest absolute Gasteiger partial charge is 0.497 e. The van der Waals surface area contributed by atoms with Gasteiger partial charge in [0.15, 0.2) is 0 Å². The number of benzene rings is 3. The summed E-state index contributed by atoms with van der Waals surface area (Å²) in [5.74, 6) is -0.364. The van der Waals surface area contributed by atoms with E-state index in [4.69, 9.17) is 4.74 Å². The van der Waals surface area contributed by atoms with Crippen LogP contribution in [-0.2, 0) is 26.2 Å². The number of methoxy groups -OCH3 is 1. The monoisotopic (exact) mass is 629 g/mol. The number of anilines is 1. The minimum Gasteiger partial charge on any atom is -0.497 e. The molecule has 10 heteroatoms. The first kappa shape index (κ1) is 31.2. The minimum atomic E-state index is -4.14. The summed E-state index contributed by atoms with van der Waals surface area (Å²) < 4.78 is 35.1. The highest BCUT2D eigenvalue weighted by Gasteiger charge is 2.32. The molecule has 0 spiro atoms. The number of aryl methyl sites for hydroxylation is 1. The summed E-state index contributed by atoms with van der Waals surface area (Å²) in [6.45, 7) is 5.67. The van der Waals surface area contributed by atoms with Crippen molar-refractivity contribution in [3.05, 3.63) is 88.4 Å². The van der Waals surface area contributed by atoms with E-state index in [2.05, 4.69) is 21.2 Å². The van der Waals surface area contributed by atoms with Crippen molar-refractivity contribution in [1.82, 2.24) is 10.2 Å². The van der Waals surface area contributed by atoms with Gasteiger partial charge in [-0.2, -0.15) is 0 Å². The molecule has 0 bridgehead atoms. The van der Waals surface area contributed by atoms with E-state index < -0.39 is 28.5 Å². The lowest BCUT2D eigenvalue weighted by molar-refractivity contribution is -0.139. The molecule has 2 amide bonds. The van der Waals surface area contributed by atoms with Crippen LogP contribution in [0.2, 0.25) is 0 Å². The lowest BCUT2D eigenvalue weighted by Crippen LogP contribution is -2.51. The van der Waals surface area contributed by atoms with Crippen molar-refractivity contribution >= 4 is 43.5 Å². The van der Waals surface area contributed by atoms with E-state index in [0.717, 1.165) is 32.7 Å². The fraction of sp³-hybridized carbons (Fsp3) is 0.333. The van der Waals surface area contributed by atoms with Crippen molar-refractivity contribution in [3.8, 4) is 5.75 Å². The summed E-state index contributed by atoms with van der Waals surface area (Å²) in [5, 5.41) is 2.89. The molecule has 3 rings (SSSR count). The molecule has 0 saturated carbocycles. The van der Waals surface area contributed by atoms with Crippen LogP contribution in [0.5, 0.6) is 5.75 Å². The fourth-order valence-electron chi connectivity index (χ4n) is 4.04. The first-order valence-electron chi connectivity index (χ1n) is 13.1. The van der Waals surface area contributed by atoms with Gasteiger partial charge in [-0.05, 0) is 62.2 Å². The normalized spacial score (nSPS) is 11.9. The third-order valence-corrected chi connectivity index (χ3v) is 8.81. The number of amides is 2. The van der Waals surface area contributed by atoms with Gasteiger partial charge in [-0.15, -0.1) is 0 Å². The quantitative estimate of drug-likeness (QED) is 0.259. The molecule has 0 fully saturated rings. The number of unbranched alkanes of at least 4 members (excludes halogenated alkanes) is 1. The van der Waals surface area contributed by atoms with Crippen molar-refractivity contribution in [2.75, 3.05) is 24.5 Å². The predicted molar refractivity (Wildman–Crippen MR) is 161 cm³/mol. The molecule has 0 radical (unpaired) electrons. The van der Waals surface area contributed by atoms with Gasteiger partial charge in [0, 0.05) is 23.6 Å². The summed E-state index contributed by atoms with van der Waals surface area (Å²) in [5.41, 5.74) is 1.99. The molecule has 1 atom stereocenters. The molecule has 0 aliphatic rings. The number of sulfonamides is 1. The Bertz CT molecular complexity index is 1400. The predicted octanol–water partition coefficient (Wildman–Crippen LogP) is 5.30. The van der Waals surface area contributed by atoms with Crippen LogP contribution in [0.3, 0.4) is 0 Å². The number of halogens is 1. The zero-order valence-corrected chi connectivity index (χ0v) is 25.7. The standard InChI is InChI=1S/C30H36BrN3O5S/c1-5-6-18-32-30(36)23(3)33(20-24-12-14-25(31)15-13-24)29(35)21-34(26-8-7-9-27(19-26)39-4)40(37,38)28-16-10-22(2)11-17-28/h7-17,19,23H,5-6,18,20-21H2,1-4H3,(H,32,36)/t23-/m0/s1. The van der Waals surface area contributed by atoms with Crippen molar-refractivity contribution in [2.24, 2.45) is 0 Å². The van der Waals surface area contributed by atoms with Gasteiger partial charge in [-0.25, -0.2) is 8.42 Å². The molecule has 3 aromatic rings. The summed E-state index contributed by atoms with van der Waals surface area (Å²) in [6, 6.07) is 19.6. The van der Waals surface area contributed by atoms with E-state index in [1.807, 2.05) is 38.1 Å². The van der Waals surface area contributed by atoms with Crippen LogP contribution in [0.25, 0.3) is 0 Å². The summed E-state index contributed by atoms with van der Waals surface area (Å²) in [6.07, 6.45) is 1.74. The maximum absolute atomic E-state index is 14.0. The highest BCUT2D eigenvalue weighted by atomic mass is 79.9. The Morgan fingerprint density at radius 3 is 2.33 bits per heavy atom. The van der Waals surface area contributed by atoms with Crippen molar-refractivity contribution < 1.29 is 22.7 Å². The first-order valence-corrected chi connectivity index (χ1v) is 15.3. The number of carbonyl (C=O) groups is 2. The second-order valence-electron chi connectivity index (χ2n) is 9.49. The summed E-state index contributed by atoms with van der Waals surface area (Å²) in [4.78, 5) is 28.5. The van der Waals surface area contributed by atoms with Crippen LogP contribution in [-0.4, -0.2) is 51.4 Å². The van der Waals surface area contributed by atoms with Gasteiger partial charge in [0.25, 0.3) is 10.0 Å². The molecule has 0 aliphatic heterocycles. The number of carbonyl (C=O) groups excluding carboxylic acids is 2. The third-order valence-electron chi connectivity index (χ3n) is 6.49. The number of ether oxygens (including phenoxy) is 1. The highest BCUT2D eigenvalue weighted by molar-refractivity contribution is 9.10. The van der Waals surface area contributed by atoms with Gasteiger partial charge in [0.2, 0.25) is 11.8 Å². The van der Waals surface area contributed by atoms with Crippen molar-refractivity contribution in [1.29, 1.82) is 0 Å². The number of nitrogens with one attached hydrogen (secondary N) is 1. The van der Waals surface area contributed by atoms with Crippen LogP contribution in [0.4, 0.5) is 5.69 Å². The molecule has 0 unspecified atom stereocenters. The molecule has 8 nitrogen and oxygen atoms in total. The minimum absolute atomic E-state index is 0.0542. The smallest absolute Gasteiger partial charge is 0.264 e. The maximum Gasteiger partial charge on any atom is 0.264 e. The van der Waals surface area contributed by atoms with Gasteiger partial charge < -0.3 is 15.0 Å². The number of nitrogens with zero attached hydrogens (tertiary/aromatic N) is 2. The topological polar surface area (TPSA) is 96.0 Å². The third kappa shape index (κ3) is 8.08. The van der Waals surface area contributed by atoms with Gasteiger partial charge >= 0.3 is 0 Å². The van der Waals surface area contributed by atoms with Gasteiger partial charge in [0.05, 0.1) is 17.7 Å². The lowest BCUT2D eigenvalue weighted by atomic mass is 10.1. The molecule has 1 N–H and O–H groups in total. The lowest BCUT2D eigenvalue weighted by Gasteiger charge is -2.32. The first-order chi connectivity index (χ1) is 19.1. The molecule has 0 aromatic heterocycles. The molecule has 3 aromatic carbocycles. The van der Waals surface area contributed by atoms with E-state index in [0.29, 0.717) is 12.3 Å². The maximum atomic E-state index is 14.0. The number of rotatable bonds is 13. The van der Waals surface area contributed by atoms with Gasteiger partial charge in [-0.1, -0.05) is 65.2 Å². The van der Waals surface area contributed by atoms with Crippen molar-refractivity contribution in [2.45, 2.75) is 51.1 Å². The van der Waals surface area contributed by atoms with Crippen LogP contribution < -0.4 is 14.4 Å². The number of hydrogen-bond acceptors (Lipinski definition) is 5. The Balaban J connectivity index is 2.01. The van der Waals surface area contributed by atoms with E-state index >= 15 is 0 Å². The molecule has 214 valence electrons. The number of hydrogen-bond donors (Lipinski definition) is 1. The molecule has 0 saturated heterocycles.